The zero-order chi connectivity index (χ0) is 23.7. The normalized spacial score (nSPS) is 12.4. The maximum atomic E-state index is 14.6. The van der Waals surface area contributed by atoms with Crippen molar-refractivity contribution in [3.8, 4) is 11.5 Å². The van der Waals surface area contributed by atoms with Crippen molar-refractivity contribution in [2.75, 3.05) is 13.7 Å². The molecule has 8 heteroatoms. The van der Waals surface area contributed by atoms with Gasteiger partial charge in [-0.1, -0.05) is 31.5 Å². The van der Waals surface area contributed by atoms with Crippen LogP contribution in [0.25, 0.3) is 10.9 Å². The minimum absolute atomic E-state index is 0.00609. The molecule has 0 bridgehead atoms. The third-order valence-corrected chi connectivity index (χ3v) is 6.01. The number of ether oxygens (including phenoxy) is 1. The van der Waals surface area contributed by atoms with Crippen LogP contribution in [0, 0.1) is 11.7 Å². The van der Waals surface area contributed by atoms with E-state index < -0.39 is 11.2 Å². The van der Waals surface area contributed by atoms with Crippen molar-refractivity contribution in [3.05, 3.63) is 68.2 Å². The van der Waals surface area contributed by atoms with Gasteiger partial charge in [0.1, 0.15) is 22.3 Å². The number of ketones is 1. The van der Waals surface area contributed by atoms with Crippen LogP contribution in [0.15, 0.2) is 35.3 Å². The van der Waals surface area contributed by atoms with Gasteiger partial charge in [0.2, 0.25) is 0 Å². The number of phenolic OH excluding ortho intramolecular Hbond substituents is 1. The van der Waals surface area contributed by atoms with E-state index in [1.165, 1.54) is 32.4 Å². The first-order valence-electron chi connectivity index (χ1n) is 10.1. The highest BCUT2D eigenvalue weighted by Crippen LogP contribution is 2.33. The molecule has 2 aromatic carbocycles. The number of aliphatic hydroxyl groups is 1. The summed E-state index contributed by atoms with van der Waals surface area (Å²) in [4.78, 5) is 25.3. The maximum Gasteiger partial charge on any atom is 0.200 e. The van der Waals surface area contributed by atoms with Gasteiger partial charge >= 0.3 is 0 Å². The SMILES string of the molecule is COc1cc2c(cc1Cc1ccc(O)c(Cl)c1F)c(=O)c(C(C)=O)cn2[C@H](CO)C(C)C. The number of benzene rings is 2. The first kappa shape index (κ1) is 23.8. The Morgan fingerprint density at radius 2 is 1.94 bits per heavy atom. The molecule has 1 aromatic heterocycles. The highest BCUT2D eigenvalue weighted by Gasteiger charge is 2.22. The van der Waals surface area contributed by atoms with E-state index in [0.29, 0.717) is 16.8 Å². The molecule has 6 nitrogen and oxygen atoms in total. The summed E-state index contributed by atoms with van der Waals surface area (Å²) in [5, 5.41) is 19.5. The monoisotopic (exact) mass is 461 g/mol. The van der Waals surface area contributed by atoms with Crippen molar-refractivity contribution in [3.63, 3.8) is 0 Å². The van der Waals surface area contributed by atoms with E-state index in [0.717, 1.165) is 0 Å². The van der Waals surface area contributed by atoms with Gasteiger partial charge in [-0.3, -0.25) is 9.59 Å². The molecule has 3 aromatic rings. The Labute approximate surface area is 189 Å². The number of phenols is 1. The summed E-state index contributed by atoms with van der Waals surface area (Å²) >= 11 is 5.83. The summed E-state index contributed by atoms with van der Waals surface area (Å²) in [6.45, 7) is 4.99. The lowest BCUT2D eigenvalue weighted by Crippen LogP contribution is -2.25. The van der Waals surface area contributed by atoms with Crippen molar-refractivity contribution in [2.45, 2.75) is 33.2 Å². The summed E-state index contributed by atoms with van der Waals surface area (Å²) < 4.78 is 21.8. The van der Waals surface area contributed by atoms with E-state index >= 15 is 0 Å². The minimum atomic E-state index is -0.760. The second-order valence-electron chi connectivity index (χ2n) is 8.06. The van der Waals surface area contributed by atoms with Crippen LogP contribution < -0.4 is 10.2 Å². The van der Waals surface area contributed by atoms with Gasteiger partial charge in [0, 0.05) is 24.1 Å². The summed E-state index contributed by atoms with van der Waals surface area (Å²) in [7, 11) is 1.46. The summed E-state index contributed by atoms with van der Waals surface area (Å²) in [5.74, 6) is -1.09. The molecule has 0 radical (unpaired) electrons. The fraction of sp³-hybridized carbons (Fsp3) is 0.333. The number of nitrogens with zero attached hydrogens (tertiary/aromatic N) is 1. The lowest BCUT2D eigenvalue weighted by atomic mass is 9.98. The number of carbonyl (C=O) groups is 1. The molecule has 1 heterocycles. The molecule has 0 fully saturated rings. The molecular formula is C24H25ClFNO5. The van der Waals surface area contributed by atoms with Crippen LogP contribution in [-0.2, 0) is 6.42 Å². The van der Waals surface area contributed by atoms with Crippen LogP contribution in [0.3, 0.4) is 0 Å². The number of aromatic hydroxyl groups is 1. The molecule has 3 rings (SSSR count). The number of carbonyl (C=O) groups excluding carboxylic acids is 1. The van der Waals surface area contributed by atoms with E-state index in [1.807, 2.05) is 13.8 Å². The second kappa shape index (κ2) is 9.30. The van der Waals surface area contributed by atoms with Crippen LogP contribution >= 0.6 is 11.6 Å². The highest BCUT2D eigenvalue weighted by atomic mass is 35.5. The quantitative estimate of drug-likeness (QED) is 0.506. The minimum Gasteiger partial charge on any atom is -0.506 e. The van der Waals surface area contributed by atoms with Crippen molar-refractivity contribution >= 4 is 28.3 Å². The molecule has 0 aliphatic rings. The second-order valence-corrected chi connectivity index (χ2v) is 8.44. The Balaban J connectivity index is 2.31. The van der Waals surface area contributed by atoms with Gasteiger partial charge in [0.05, 0.1) is 30.8 Å². The van der Waals surface area contributed by atoms with Crippen molar-refractivity contribution in [1.29, 1.82) is 0 Å². The number of hydrogen-bond donors (Lipinski definition) is 2. The van der Waals surface area contributed by atoms with Gasteiger partial charge in [-0.25, -0.2) is 4.39 Å². The van der Waals surface area contributed by atoms with Crippen LogP contribution in [0.2, 0.25) is 5.02 Å². The van der Waals surface area contributed by atoms with Gasteiger partial charge in [-0.05, 0) is 36.1 Å². The number of methoxy groups -OCH3 is 1. The predicted molar refractivity (Wildman–Crippen MR) is 122 cm³/mol. The van der Waals surface area contributed by atoms with Crippen LogP contribution in [-0.4, -0.2) is 34.3 Å². The summed E-state index contributed by atoms with van der Waals surface area (Å²) in [5.41, 5.74) is 0.778. The van der Waals surface area contributed by atoms with Gasteiger partial charge in [-0.15, -0.1) is 0 Å². The molecule has 0 spiro atoms. The smallest absolute Gasteiger partial charge is 0.200 e. The number of aliphatic hydroxyl groups excluding tert-OH is 1. The Hall–Kier alpha value is -2.90. The van der Waals surface area contributed by atoms with Gasteiger partial charge < -0.3 is 19.5 Å². The molecule has 2 N–H and O–H groups in total. The molecule has 0 aliphatic carbocycles. The summed E-state index contributed by atoms with van der Waals surface area (Å²) in [6, 6.07) is 5.56. The van der Waals surface area contributed by atoms with Crippen LogP contribution in [0.5, 0.6) is 11.5 Å². The van der Waals surface area contributed by atoms with Gasteiger partial charge in [0.15, 0.2) is 11.2 Å². The molecule has 1 atom stereocenters. The number of aromatic nitrogens is 1. The number of fused-ring (bicyclic) bond motifs is 1. The van der Waals surface area contributed by atoms with E-state index in [4.69, 9.17) is 16.3 Å². The maximum absolute atomic E-state index is 14.6. The average Bonchev–Trinajstić information content (AvgIpc) is 2.75. The summed E-state index contributed by atoms with van der Waals surface area (Å²) in [6.07, 6.45) is 1.52. The Bertz CT molecular complexity index is 1250. The van der Waals surface area contributed by atoms with Crippen molar-refractivity contribution < 1.29 is 24.1 Å². The molecule has 0 saturated carbocycles. The lowest BCUT2D eigenvalue weighted by Gasteiger charge is -2.25. The molecule has 170 valence electrons. The van der Waals surface area contributed by atoms with E-state index in [1.54, 1.807) is 16.7 Å². The van der Waals surface area contributed by atoms with Crippen LogP contribution in [0.4, 0.5) is 4.39 Å². The topological polar surface area (TPSA) is 88.8 Å². The highest BCUT2D eigenvalue weighted by molar-refractivity contribution is 6.32. The van der Waals surface area contributed by atoms with Crippen LogP contribution in [0.1, 0.15) is 48.3 Å². The number of pyridine rings is 1. The lowest BCUT2D eigenvalue weighted by molar-refractivity contribution is 0.101. The van der Waals surface area contributed by atoms with Crippen molar-refractivity contribution in [2.24, 2.45) is 5.92 Å². The fourth-order valence-corrected chi connectivity index (χ4v) is 4.00. The van der Waals surface area contributed by atoms with Gasteiger partial charge in [-0.2, -0.15) is 0 Å². The third kappa shape index (κ3) is 4.23. The van der Waals surface area contributed by atoms with E-state index in [2.05, 4.69) is 0 Å². The Morgan fingerprint density at radius 3 is 2.50 bits per heavy atom. The molecule has 0 unspecified atom stereocenters. The Kier molecular flexibility index (Phi) is 6.91. The fourth-order valence-electron chi connectivity index (χ4n) is 3.82. The van der Waals surface area contributed by atoms with E-state index in [-0.39, 0.29) is 58.1 Å². The molecular weight excluding hydrogens is 437 g/mol. The van der Waals surface area contributed by atoms with Gasteiger partial charge in [0.25, 0.3) is 0 Å². The first-order valence-corrected chi connectivity index (χ1v) is 10.5. The number of Topliss-reactive ketones (excluding diaryl/α,β-unsaturated/α-hetero) is 1. The van der Waals surface area contributed by atoms with Crippen molar-refractivity contribution in [1.82, 2.24) is 4.57 Å². The predicted octanol–water partition coefficient (Wildman–Crippen LogP) is 4.49. The van der Waals surface area contributed by atoms with E-state index in [9.17, 15) is 24.2 Å². The largest absolute Gasteiger partial charge is 0.506 e. The zero-order valence-electron chi connectivity index (χ0n) is 18.3. The molecule has 32 heavy (non-hydrogen) atoms. The standard InChI is InChI=1S/C24H25ClFNO5/c1-12(2)19(11-28)27-10-17(13(3)29)24(31)16-8-15(21(32-4)9-18(16)27)7-14-5-6-20(30)22(25)23(14)26/h5-6,8-10,12,19,28,30H,7,11H2,1-4H3/t19-/m1/s1. The Morgan fingerprint density at radius 1 is 1.25 bits per heavy atom. The molecule has 0 amide bonds. The zero-order valence-corrected chi connectivity index (χ0v) is 19.0. The molecule has 0 aliphatic heterocycles. The first-order chi connectivity index (χ1) is 15.1. The molecule has 0 saturated heterocycles. The number of rotatable bonds is 7. The number of hydrogen-bond acceptors (Lipinski definition) is 5. The number of halogens is 2. The third-order valence-electron chi connectivity index (χ3n) is 5.65. The average molecular weight is 462 g/mol.